The number of ether oxygens (including phenoxy) is 1. The molecule has 0 saturated carbocycles. The van der Waals surface area contributed by atoms with Gasteiger partial charge in [0, 0.05) is 31.7 Å². The molecule has 1 aromatic carbocycles. The topological polar surface area (TPSA) is 64.1 Å². The van der Waals surface area contributed by atoms with E-state index >= 15 is 0 Å². The van der Waals surface area contributed by atoms with E-state index in [1.807, 2.05) is 0 Å². The maximum atomic E-state index is 13.7. The van der Waals surface area contributed by atoms with E-state index in [1.165, 1.54) is 31.5 Å². The van der Waals surface area contributed by atoms with Crippen molar-refractivity contribution in [3.8, 4) is 0 Å². The molecule has 2 heterocycles. The highest BCUT2D eigenvalue weighted by molar-refractivity contribution is 5.93. The Morgan fingerprint density at radius 3 is 2.25 bits per heavy atom. The summed E-state index contributed by atoms with van der Waals surface area (Å²) in [5.41, 5.74) is 0.166. The Labute approximate surface area is 138 Å². The van der Waals surface area contributed by atoms with Gasteiger partial charge in [0.1, 0.15) is 11.6 Å². The fourth-order valence-corrected chi connectivity index (χ4v) is 2.82. The summed E-state index contributed by atoms with van der Waals surface area (Å²) >= 11 is 0. The first kappa shape index (κ1) is 16.4. The molecule has 0 bridgehead atoms. The number of ketones is 1. The zero-order chi connectivity index (χ0) is 17.2. The highest BCUT2D eigenvalue weighted by atomic mass is 19.1. The molecule has 0 radical (unpaired) electrons. The molecule has 2 aromatic rings. The largest absolute Gasteiger partial charge is 0.381 e. The molecule has 0 aliphatic carbocycles. The molecule has 1 fully saturated rings. The summed E-state index contributed by atoms with van der Waals surface area (Å²) in [4.78, 5) is 19.6. The predicted octanol–water partition coefficient (Wildman–Crippen LogP) is 3.08. The number of hydrogen-bond donors (Lipinski definition) is 1. The van der Waals surface area contributed by atoms with Crippen molar-refractivity contribution in [1.29, 1.82) is 0 Å². The number of Topliss-reactive ketones (excluding diaryl/α,β-unsaturated/α-hetero) is 1. The fourth-order valence-electron chi connectivity index (χ4n) is 2.82. The van der Waals surface area contributed by atoms with Gasteiger partial charge in [-0.2, -0.15) is 0 Å². The summed E-state index contributed by atoms with van der Waals surface area (Å²) in [5.74, 6) is -1.10. The van der Waals surface area contributed by atoms with Gasteiger partial charge >= 0.3 is 0 Å². The minimum Gasteiger partial charge on any atom is -0.381 e. The molecule has 1 aliphatic heterocycles. The van der Waals surface area contributed by atoms with Crippen LogP contribution in [0.2, 0.25) is 0 Å². The molecule has 0 unspecified atom stereocenters. The van der Waals surface area contributed by atoms with Crippen molar-refractivity contribution in [3.05, 3.63) is 53.4 Å². The molecule has 1 saturated heterocycles. The zero-order valence-electron chi connectivity index (χ0n) is 13.2. The van der Waals surface area contributed by atoms with Crippen molar-refractivity contribution in [1.82, 2.24) is 9.97 Å². The summed E-state index contributed by atoms with van der Waals surface area (Å²) in [6, 6.07) is 3.46. The van der Waals surface area contributed by atoms with Gasteiger partial charge in [-0.1, -0.05) is 0 Å². The highest BCUT2D eigenvalue weighted by Crippen LogP contribution is 2.35. The molecule has 0 amide bonds. The van der Waals surface area contributed by atoms with Gasteiger partial charge in [-0.25, -0.2) is 18.7 Å². The number of aromatic nitrogens is 2. The third-order valence-electron chi connectivity index (χ3n) is 4.17. The Balaban J connectivity index is 1.95. The van der Waals surface area contributed by atoms with Crippen LogP contribution < -0.4 is 5.32 Å². The summed E-state index contributed by atoms with van der Waals surface area (Å²) in [6.45, 7) is 2.34. The Morgan fingerprint density at radius 2 is 1.71 bits per heavy atom. The van der Waals surface area contributed by atoms with Gasteiger partial charge in [0.15, 0.2) is 5.78 Å². The van der Waals surface area contributed by atoms with Gasteiger partial charge in [-0.05, 0) is 37.5 Å². The van der Waals surface area contributed by atoms with Gasteiger partial charge in [-0.15, -0.1) is 0 Å². The van der Waals surface area contributed by atoms with Crippen LogP contribution in [-0.4, -0.2) is 29.0 Å². The van der Waals surface area contributed by atoms with E-state index in [1.54, 1.807) is 0 Å². The molecule has 1 aliphatic rings. The molecule has 3 rings (SSSR count). The van der Waals surface area contributed by atoms with Crippen LogP contribution in [0, 0.1) is 11.6 Å². The van der Waals surface area contributed by atoms with E-state index in [4.69, 9.17) is 4.74 Å². The van der Waals surface area contributed by atoms with Crippen molar-refractivity contribution in [2.45, 2.75) is 25.3 Å². The van der Waals surface area contributed by atoms with Crippen molar-refractivity contribution in [2.24, 2.45) is 0 Å². The smallest absolute Gasteiger partial charge is 0.223 e. The first-order valence-electron chi connectivity index (χ1n) is 7.64. The number of anilines is 1. The van der Waals surface area contributed by atoms with E-state index in [-0.39, 0.29) is 5.78 Å². The third-order valence-corrected chi connectivity index (χ3v) is 4.17. The number of rotatable bonds is 4. The molecule has 0 atom stereocenters. The molecule has 7 heteroatoms. The van der Waals surface area contributed by atoms with Crippen LogP contribution in [0.5, 0.6) is 0 Å². The normalized spacial score (nSPS) is 16.6. The van der Waals surface area contributed by atoms with Crippen LogP contribution in [0.25, 0.3) is 0 Å². The molecule has 5 nitrogen and oxygen atoms in total. The molecule has 126 valence electrons. The fraction of sp³-hybridized carbons (Fsp3) is 0.353. The Hall–Kier alpha value is -2.41. The van der Waals surface area contributed by atoms with Gasteiger partial charge in [0.25, 0.3) is 0 Å². The van der Waals surface area contributed by atoms with Gasteiger partial charge < -0.3 is 10.1 Å². The minimum atomic E-state index is -0.723. The molecule has 1 N–H and O–H groups in total. The van der Waals surface area contributed by atoms with E-state index in [0.29, 0.717) is 43.1 Å². The first-order chi connectivity index (χ1) is 11.5. The second kappa shape index (κ2) is 6.60. The lowest BCUT2D eigenvalue weighted by atomic mass is 9.82. The summed E-state index contributed by atoms with van der Waals surface area (Å²) in [6.07, 6.45) is 3.90. The summed E-state index contributed by atoms with van der Waals surface area (Å²) in [7, 11) is 0. The molecule has 1 aromatic heterocycles. The molecular formula is C17H17F2N3O2. The third kappa shape index (κ3) is 3.41. The van der Waals surface area contributed by atoms with Crippen molar-refractivity contribution < 1.29 is 18.3 Å². The maximum Gasteiger partial charge on any atom is 0.223 e. The molecular weight excluding hydrogens is 316 g/mol. The lowest BCUT2D eigenvalue weighted by Gasteiger charge is -2.38. The van der Waals surface area contributed by atoms with Crippen LogP contribution in [-0.2, 0) is 10.3 Å². The minimum absolute atomic E-state index is 0.130. The van der Waals surface area contributed by atoms with Crippen molar-refractivity contribution >= 4 is 11.7 Å². The first-order valence-corrected chi connectivity index (χ1v) is 7.64. The van der Waals surface area contributed by atoms with Crippen LogP contribution in [0.1, 0.15) is 35.7 Å². The van der Waals surface area contributed by atoms with Gasteiger partial charge in [0.2, 0.25) is 5.95 Å². The van der Waals surface area contributed by atoms with E-state index in [9.17, 15) is 13.6 Å². The van der Waals surface area contributed by atoms with Crippen molar-refractivity contribution in [3.63, 3.8) is 0 Å². The number of nitrogens with zero attached hydrogens (tertiary/aromatic N) is 2. The van der Waals surface area contributed by atoms with E-state index in [0.717, 1.165) is 6.07 Å². The van der Waals surface area contributed by atoms with Crippen molar-refractivity contribution in [2.75, 3.05) is 18.5 Å². The SMILES string of the molecule is CC(=O)c1cnc(NC2(c3cc(F)cc(F)c3)CCOCC2)nc1. The maximum absolute atomic E-state index is 13.7. The molecule has 0 spiro atoms. The van der Waals surface area contributed by atoms with Crippen LogP contribution >= 0.6 is 0 Å². The Bertz CT molecular complexity index is 724. The van der Waals surface area contributed by atoms with E-state index < -0.39 is 17.2 Å². The summed E-state index contributed by atoms with van der Waals surface area (Å²) < 4.78 is 32.7. The van der Waals surface area contributed by atoms with Crippen LogP contribution in [0.4, 0.5) is 14.7 Å². The number of benzene rings is 1. The van der Waals surface area contributed by atoms with Gasteiger partial charge in [-0.3, -0.25) is 4.79 Å². The number of hydrogen-bond acceptors (Lipinski definition) is 5. The highest BCUT2D eigenvalue weighted by Gasteiger charge is 2.36. The standard InChI is InChI=1S/C17H17F2N3O2/c1-11(23)12-9-20-16(21-10-12)22-17(2-4-24-5-3-17)13-6-14(18)8-15(19)7-13/h6-10H,2-5H2,1H3,(H,20,21,22). The average molecular weight is 333 g/mol. The van der Waals surface area contributed by atoms with E-state index in [2.05, 4.69) is 15.3 Å². The Kier molecular flexibility index (Phi) is 4.53. The van der Waals surface area contributed by atoms with Gasteiger partial charge in [0.05, 0.1) is 11.1 Å². The average Bonchev–Trinajstić information content (AvgIpc) is 2.55. The number of nitrogens with one attached hydrogen (secondary N) is 1. The monoisotopic (exact) mass is 333 g/mol. The summed E-state index contributed by atoms with van der Waals surface area (Å²) in [5, 5.41) is 3.18. The van der Waals surface area contributed by atoms with Crippen LogP contribution in [0.15, 0.2) is 30.6 Å². The molecule has 24 heavy (non-hydrogen) atoms. The quantitative estimate of drug-likeness (QED) is 0.871. The second-order valence-electron chi connectivity index (χ2n) is 5.83. The number of carbonyl (C=O) groups is 1. The number of halogens is 2. The van der Waals surface area contributed by atoms with Crippen LogP contribution in [0.3, 0.4) is 0 Å². The number of carbonyl (C=O) groups excluding carboxylic acids is 1. The zero-order valence-corrected chi connectivity index (χ0v) is 13.2. The lowest BCUT2D eigenvalue weighted by molar-refractivity contribution is 0.0589. The predicted molar refractivity (Wildman–Crippen MR) is 83.7 cm³/mol. The Morgan fingerprint density at radius 1 is 1.12 bits per heavy atom. The lowest BCUT2D eigenvalue weighted by Crippen LogP contribution is -2.41. The second-order valence-corrected chi connectivity index (χ2v) is 5.83.